The van der Waals surface area contributed by atoms with Crippen molar-refractivity contribution in [2.45, 2.75) is 12.7 Å². The maximum atomic E-state index is 12.4. The fraction of sp³-hybridized carbons (Fsp3) is 0.300. The number of halogens is 4. The van der Waals surface area contributed by atoms with Gasteiger partial charge in [-0.1, -0.05) is 11.6 Å². The van der Waals surface area contributed by atoms with Crippen LogP contribution in [0.25, 0.3) is 0 Å². The van der Waals surface area contributed by atoms with Crippen molar-refractivity contribution in [2.75, 3.05) is 7.11 Å². The zero-order chi connectivity index (χ0) is 13.1. The average molecular weight is 268 g/mol. The van der Waals surface area contributed by atoms with E-state index in [-0.39, 0.29) is 17.1 Å². The van der Waals surface area contributed by atoms with E-state index in [9.17, 15) is 18.0 Å². The van der Waals surface area contributed by atoms with E-state index in [1.165, 1.54) is 6.07 Å². The zero-order valence-corrected chi connectivity index (χ0v) is 9.52. The van der Waals surface area contributed by atoms with E-state index < -0.39 is 17.8 Å². The van der Waals surface area contributed by atoms with Crippen LogP contribution >= 0.6 is 11.6 Å². The van der Waals surface area contributed by atoms with Gasteiger partial charge >= 0.3 is 12.3 Å². The molecule has 0 fully saturated rings. The summed E-state index contributed by atoms with van der Waals surface area (Å²) in [6.45, 7) is -0.0870. The van der Waals surface area contributed by atoms with Gasteiger partial charge in [-0.05, 0) is 23.8 Å². The van der Waals surface area contributed by atoms with Crippen LogP contribution in [0.3, 0.4) is 0 Å². The van der Waals surface area contributed by atoms with Crippen LogP contribution in [0, 0.1) is 0 Å². The van der Waals surface area contributed by atoms with Gasteiger partial charge in [0.25, 0.3) is 0 Å². The number of hydrogen-bond donors (Lipinski definition) is 1. The van der Waals surface area contributed by atoms with Crippen molar-refractivity contribution in [3.63, 3.8) is 0 Å². The van der Waals surface area contributed by atoms with Crippen molar-refractivity contribution in [1.29, 1.82) is 0 Å². The molecule has 17 heavy (non-hydrogen) atoms. The van der Waals surface area contributed by atoms with Crippen LogP contribution in [-0.4, -0.2) is 13.2 Å². The molecule has 1 aromatic rings. The van der Waals surface area contributed by atoms with E-state index in [4.69, 9.17) is 11.6 Å². The maximum absolute atomic E-state index is 12.4. The van der Waals surface area contributed by atoms with E-state index >= 15 is 0 Å². The maximum Gasteiger partial charge on any atom is 0.416 e. The first kappa shape index (κ1) is 13.6. The lowest BCUT2D eigenvalue weighted by atomic mass is 10.1. The Morgan fingerprint density at radius 3 is 2.59 bits per heavy atom. The van der Waals surface area contributed by atoms with Gasteiger partial charge in [-0.3, -0.25) is 0 Å². The van der Waals surface area contributed by atoms with Gasteiger partial charge < -0.3 is 10.1 Å². The number of methoxy groups -OCH3 is 1. The van der Waals surface area contributed by atoms with Gasteiger partial charge in [0.2, 0.25) is 0 Å². The number of carbonyl (C=O) groups is 1. The van der Waals surface area contributed by atoms with E-state index in [2.05, 4.69) is 10.1 Å². The quantitative estimate of drug-likeness (QED) is 0.893. The highest BCUT2D eigenvalue weighted by Gasteiger charge is 2.31. The van der Waals surface area contributed by atoms with E-state index in [1.807, 2.05) is 0 Å². The van der Waals surface area contributed by atoms with Gasteiger partial charge in [-0.2, -0.15) is 13.2 Å². The van der Waals surface area contributed by atoms with E-state index in [1.54, 1.807) is 0 Å². The molecule has 0 saturated heterocycles. The minimum Gasteiger partial charge on any atom is -0.453 e. The molecule has 0 aliphatic rings. The molecular formula is C10H9ClF3NO2. The van der Waals surface area contributed by atoms with E-state index in [0.29, 0.717) is 0 Å². The Morgan fingerprint density at radius 1 is 1.41 bits per heavy atom. The summed E-state index contributed by atoms with van der Waals surface area (Å²) in [6, 6.07) is 3.08. The summed E-state index contributed by atoms with van der Waals surface area (Å²) in [7, 11) is 1.16. The molecule has 0 saturated carbocycles. The third-order valence-corrected chi connectivity index (χ3v) is 2.13. The molecule has 0 atom stereocenters. The normalized spacial score (nSPS) is 11.1. The Labute approximate surface area is 101 Å². The summed E-state index contributed by atoms with van der Waals surface area (Å²) >= 11 is 5.56. The summed E-state index contributed by atoms with van der Waals surface area (Å²) in [5.74, 6) is 0. The van der Waals surface area contributed by atoms with Crippen LogP contribution in [0.1, 0.15) is 11.1 Å². The molecular weight excluding hydrogens is 259 g/mol. The number of hydrogen-bond acceptors (Lipinski definition) is 2. The van der Waals surface area contributed by atoms with Crippen molar-refractivity contribution in [1.82, 2.24) is 5.32 Å². The number of benzene rings is 1. The third kappa shape index (κ3) is 4.14. The monoisotopic (exact) mass is 267 g/mol. The zero-order valence-electron chi connectivity index (χ0n) is 8.77. The molecule has 0 aliphatic carbocycles. The predicted molar refractivity (Wildman–Crippen MR) is 55.7 cm³/mol. The van der Waals surface area contributed by atoms with E-state index in [0.717, 1.165) is 19.2 Å². The van der Waals surface area contributed by atoms with Crippen molar-refractivity contribution < 1.29 is 22.7 Å². The Hall–Kier alpha value is -1.43. The molecule has 1 rings (SSSR count). The molecule has 7 heteroatoms. The first-order valence-electron chi connectivity index (χ1n) is 4.51. The molecule has 0 aromatic heterocycles. The van der Waals surface area contributed by atoms with Crippen molar-refractivity contribution in [3.05, 3.63) is 34.3 Å². The number of rotatable bonds is 2. The third-order valence-electron chi connectivity index (χ3n) is 1.91. The highest BCUT2D eigenvalue weighted by atomic mass is 35.5. The summed E-state index contributed by atoms with van der Waals surface area (Å²) in [6.07, 6.45) is -5.19. The summed E-state index contributed by atoms with van der Waals surface area (Å²) in [4.78, 5) is 10.8. The molecule has 0 bridgehead atoms. The number of ether oxygens (including phenoxy) is 1. The second-order valence-electron chi connectivity index (χ2n) is 3.19. The standard InChI is InChI=1S/C10H9ClF3NO2/c1-17-9(16)15-5-6-2-7(10(12,13)14)4-8(11)3-6/h2-4H,5H2,1H3,(H,15,16). The predicted octanol–water partition coefficient (Wildman–Crippen LogP) is 3.21. The van der Waals surface area contributed by atoms with Crippen molar-refractivity contribution >= 4 is 17.7 Å². The van der Waals surface area contributed by atoms with Crippen LogP contribution in [0.2, 0.25) is 5.02 Å². The molecule has 0 radical (unpaired) electrons. The molecule has 0 spiro atoms. The lowest BCUT2D eigenvalue weighted by Gasteiger charge is -2.10. The Balaban J connectivity index is 2.87. The Kier molecular flexibility index (Phi) is 4.22. The fourth-order valence-corrected chi connectivity index (χ4v) is 1.42. The van der Waals surface area contributed by atoms with Gasteiger partial charge in [-0.15, -0.1) is 0 Å². The average Bonchev–Trinajstić information content (AvgIpc) is 2.24. The first-order valence-corrected chi connectivity index (χ1v) is 4.89. The number of amides is 1. The number of alkyl halides is 3. The molecule has 1 N–H and O–H groups in total. The minimum absolute atomic E-state index is 0.0403. The highest BCUT2D eigenvalue weighted by Crippen LogP contribution is 2.31. The highest BCUT2D eigenvalue weighted by molar-refractivity contribution is 6.30. The SMILES string of the molecule is COC(=O)NCc1cc(Cl)cc(C(F)(F)F)c1. The summed E-state index contributed by atoms with van der Waals surface area (Å²) in [5, 5.41) is 2.23. The second kappa shape index (κ2) is 5.27. The van der Waals surface area contributed by atoms with Gasteiger partial charge in [0.15, 0.2) is 0 Å². The number of nitrogens with one attached hydrogen (secondary N) is 1. The smallest absolute Gasteiger partial charge is 0.416 e. The number of carbonyl (C=O) groups excluding carboxylic acids is 1. The lowest BCUT2D eigenvalue weighted by Crippen LogP contribution is -2.22. The molecule has 0 aliphatic heterocycles. The van der Waals surface area contributed by atoms with Crippen LogP contribution in [0.4, 0.5) is 18.0 Å². The first-order chi connectivity index (χ1) is 7.82. The summed E-state index contributed by atoms with van der Waals surface area (Å²) in [5.41, 5.74) is -0.609. The van der Waals surface area contributed by atoms with Crippen molar-refractivity contribution in [2.24, 2.45) is 0 Å². The molecule has 0 unspecified atom stereocenters. The van der Waals surface area contributed by atoms with Crippen LogP contribution in [0.15, 0.2) is 18.2 Å². The molecule has 94 valence electrons. The van der Waals surface area contributed by atoms with Gasteiger partial charge in [-0.25, -0.2) is 4.79 Å². The lowest BCUT2D eigenvalue weighted by molar-refractivity contribution is -0.137. The van der Waals surface area contributed by atoms with Crippen LogP contribution in [0.5, 0.6) is 0 Å². The second-order valence-corrected chi connectivity index (χ2v) is 3.63. The topological polar surface area (TPSA) is 38.3 Å². The molecule has 1 amide bonds. The van der Waals surface area contributed by atoms with Crippen molar-refractivity contribution in [3.8, 4) is 0 Å². The Morgan fingerprint density at radius 2 is 2.06 bits per heavy atom. The fourth-order valence-electron chi connectivity index (χ4n) is 1.16. The van der Waals surface area contributed by atoms with Crippen LogP contribution in [-0.2, 0) is 17.5 Å². The molecule has 0 heterocycles. The largest absolute Gasteiger partial charge is 0.453 e. The number of alkyl carbamates (subject to hydrolysis) is 1. The molecule has 1 aromatic carbocycles. The van der Waals surface area contributed by atoms with Gasteiger partial charge in [0.1, 0.15) is 0 Å². The van der Waals surface area contributed by atoms with Crippen LogP contribution < -0.4 is 5.32 Å². The Bertz CT molecular complexity index is 421. The molecule has 3 nitrogen and oxygen atoms in total. The van der Waals surface area contributed by atoms with Gasteiger partial charge in [0.05, 0.1) is 12.7 Å². The minimum atomic E-state index is -4.47. The van der Waals surface area contributed by atoms with Gasteiger partial charge in [0, 0.05) is 11.6 Å². The summed E-state index contributed by atoms with van der Waals surface area (Å²) < 4.78 is 41.6.